The zero-order valence-corrected chi connectivity index (χ0v) is 16.3. The quantitative estimate of drug-likeness (QED) is 0.702. The molecule has 0 saturated carbocycles. The second-order valence-electron chi connectivity index (χ2n) is 7.12. The second-order valence-corrected chi connectivity index (χ2v) is 7.12. The number of nitrogens with one attached hydrogen (secondary N) is 1. The van der Waals surface area contributed by atoms with Gasteiger partial charge in [0.05, 0.1) is 5.92 Å². The summed E-state index contributed by atoms with van der Waals surface area (Å²) in [7, 11) is 0. The van der Waals surface area contributed by atoms with Crippen molar-refractivity contribution in [2.45, 2.75) is 26.3 Å². The second kappa shape index (κ2) is 8.26. The number of hydrogen-bond donors (Lipinski definition) is 1. The fraction of sp³-hybridized carbons (Fsp3) is 0.273. The zero-order valence-electron chi connectivity index (χ0n) is 16.3. The van der Waals surface area contributed by atoms with E-state index in [1.807, 2.05) is 48.7 Å². The summed E-state index contributed by atoms with van der Waals surface area (Å²) in [5.74, 6) is 0.252. The Morgan fingerprint density at radius 2 is 1.97 bits per heavy atom. The van der Waals surface area contributed by atoms with Crippen LogP contribution in [0.3, 0.4) is 0 Å². The van der Waals surface area contributed by atoms with Gasteiger partial charge in [-0.1, -0.05) is 25.1 Å². The number of rotatable bonds is 6. The number of aromatic nitrogens is 3. The van der Waals surface area contributed by atoms with Gasteiger partial charge in [0.2, 0.25) is 11.8 Å². The number of carbonyl (C=O) groups excluding carboxylic acids is 2. The van der Waals surface area contributed by atoms with Crippen LogP contribution in [0.5, 0.6) is 0 Å². The molecule has 2 aromatic heterocycles. The minimum atomic E-state index is -0.343. The molecule has 4 rings (SSSR count). The normalized spacial score (nSPS) is 16.2. The number of pyridine rings is 1. The average molecular weight is 389 g/mol. The molecule has 0 aliphatic carbocycles. The number of anilines is 1. The molecule has 1 saturated heterocycles. The van der Waals surface area contributed by atoms with Gasteiger partial charge in [-0.3, -0.25) is 9.59 Å². The van der Waals surface area contributed by atoms with E-state index in [0.717, 1.165) is 23.5 Å². The van der Waals surface area contributed by atoms with E-state index < -0.39 is 0 Å². The zero-order chi connectivity index (χ0) is 20.2. The smallest absolute Gasteiger partial charge is 0.227 e. The van der Waals surface area contributed by atoms with Gasteiger partial charge in [0.1, 0.15) is 0 Å². The largest absolute Gasteiger partial charge is 0.352 e. The van der Waals surface area contributed by atoms with E-state index in [1.165, 1.54) is 5.56 Å². The minimum absolute atomic E-state index is 0.0142. The highest BCUT2D eigenvalue weighted by Gasteiger charge is 2.34. The van der Waals surface area contributed by atoms with E-state index in [1.54, 1.807) is 22.0 Å². The van der Waals surface area contributed by atoms with Gasteiger partial charge in [-0.15, -0.1) is 0 Å². The Labute approximate surface area is 169 Å². The molecule has 148 valence electrons. The summed E-state index contributed by atoms with van der Waals surface area (Å²) in [4.78, 5) is 31.0. The topological polar surface area (TPSA) is 80.1 Å². The number of benzene rings is 1. The molecule has 1 aliphatic heterocycles. The van der Waals surface area contributed by atoms with Crippen LogP contribution in [0.15, 0.2) is 61.1 Å². The summed E-state index contributed by atoms with van der Waals surface area (Å²) in [6.45, 7) is 2.88. The fourth-order valence-corrected chi connectivity index (χ4v) is 3.44. The number of carbonyl (C=O) groups is 2. The Hall–Kier alpha value is -3.48. The lowest BCUT2D eigenvalue weighted by Crippen LogP contribution is -2.32. The van der Waals surface area contributed by atoms with Crippen molar-refractivity contribution in [2.75, 3.05) is 11.4 Å². The van der Waals surface area contributed by atoms with Crippen LogP contribution in [0.4, 0.5) is 5.69 Å². The van der Waals surface area contributed by atoms with E-state index >= 15 is 0 Å². The SMILES string of the molecule is CCc1ccc(N2C[C@H](C(=O)NCc3ccc(-n4cccn4)nc3)CC2=O)cc1. The van der Waals surface area contributed by atoms with E-state index in [2.05, 4.69) is 22.3 Å². The van der Waals surface area contributed by atoms with Crippen LogP contribution in [0.1, 0.15) is 24.5 Å². The van der Waals surface area contributed by atoms with Crippen molar-refractivity contribution >= 4 is 17.5 Å². The van der Waals surface area contributed by atoms with Crippen molar-refractivity contribution in [3.63, 3.8) is 0 Å². The van der Waals surface area contributed by atoms with Gasteiger partial charge in [-0.2, -0.15) is 5.10 Å². The minimum Gasteiger partial charge on any atom is -0.352 e. The summed E-state index contributed by atoms with van der Waals surface area (Å²) >= 11 is 0. The standard InChI is InChI=1S/C22H23N5O2/c1-2-16-4-7-19(8-5-16)26-15-18(12-21(26)28)22(29)24-14-17-6-9-20(23-13-17)27-11-3-10-25-27/h3-11,13,18H,2,12,14-15H2,1H3,(H,24,29)/t18-/m1/s1. The number of nitrogens with zero attached hydrogens (tertiary/aromatic N) is 4. The maximum Gasteiger partial charge on any atom is 0.227 e. The molecule has 1 aromatic carbocycles. The van der Waals surface area contributed by atoms with E-state index in [-0.39, 0.29) is 24.2 Å². The van der Waals surface area contributed by atoms with Gasteiger partial charge >= 0.3 is 0 Å². The number of aryl methyl sites for hydroxylation is 1. The van der Waals surface area contributed by atoms with Crippen LogP contribution < -0.4 is 10.2 Å². The molecule has 0 radical (unpaired) electrons. The monoisotopic (exact) mass is 389 g/mol. The van der Waals surface area contributed by atoms with Crippen molar-refractivity contribution < 1.29 is 9.59 Å². The number of hydrogen-bond acceptors (Lipinski definition) is 4. The number of amides is 2. The highest BCUT2D eigenvalue weighted by molar-refractivity contribution is 6.00. The summed E-state index contributed by atoms with van der Waals surface area (Å²) in [6, 6.07) is 13.5. The fourth-order valence-electron chi connectivity index (χ4n) is 3.44. The first-order valence-corrected chi connectivity index (χ1v) is 9.76. The maximum atomic E-state index is 12.6. The van der Waals surface area contributed by atoms with Crippen molar-refractivity contribution in [1.82, 2.24) is 20.1 Å². The van der Waals surface area contributed by atoms with Crippen LogP contribution in [-0.2, 0) is 22.6 Å². The van der Waals surface area contributed by atoms with E-state index in [9.17, 15) is 9.59 Å². The molecule has 7 nitrogen and oxygen atoms in total. The van der Waals surface area contributed by atoms with Gasteiger partial charge in [0.15, 0.2) is 5.82 Å². The molecule has 7 heteroatoms. The summed E-state index contributed by atoms with van der Waals surface area (Å²) in [5, 5.41) is 7.06. The molecule has 1 aliphatic rings. The lowest BCUT2D eigenvalue weighted by atomic mass is 10.1. The predicted molar refractivity (Wildman–Crippen MR) is 109 cm³/mol. The highest BCUT2D eigenvalue weighted by atomic mass is 16.2. The lowest BCUT2D eigenvalue weighted by molar-refractivity contribution is -0.126. The molecule has 3 heterocycles. The molecule has 29 heavy (non-hydrogen) atoms. The first-order chi connectivity index (χ1) is 14.1. The Morgan fingerprint density at radius 1 is 1.17 bits per heavy atom. The van der Waals surface area contributed by atoms with Crippen LogP contribution in [0.25, 0.3) is 5.82 Å². The Bertz CT molecular complexity index is 981. The average Bonchev–Trinajstić information content (AvgIpc) is 3.43. The maximum absolute atomic E-state index is 12.6. The van der Waals surface area contributed by atoms with Crippen LogP contribution in [0.2, 0.25) is 0 Å². The van der Waals surface area contributed by atoms with E-state index in [4.69, 9.17) is 0 Å². The molecule has 1 atom stereocenters. The summed E-state index contributed by atoms with van der Waals surface area (Å²) in [6.07, 6.45) is 6.43. The summed E-state index contributed by atoms with van der Waals surface area (Å²) in [5.41, 5.74) is 2.97. The molecule has 3 aromatic rings. The van der Waals surface area contributed by atoms with Gasteiger partial charge in [0, 0.05) is 43.8 Å². The molecule has 0 spiro atoms. The Balaban J connectivity index is 1.33. The van der Waals surface area contributed by atoms with Gasteiger partial charge in [-0.05, 0) is 41.8 Å². The van der Waals surface area contributed by atoms with Crippen LogP contribution >= 0.6 is 0 Å². The third kappa shape index (κ3) is 4.18. The summed E-state index contributed by atoms with van der Waals surface area (Å²) < 4.78 is 1.67. The van der Waals surface area contributed by atoms with Crippen molar-refractivity contribution in [3.8, 4) is 5.82 Å². The molecule has 1 N–H and O–H groups in total. The predicted octanol–water partition coefficient (Wildman–Crippen LogP) is 2.50. The first kappa shape index (κ1) is 18.9. The molecule has 0 bridgehead atoms. The van der Waals surface area contributed by atoms with Crippen LogP contribution in [-0.4, -0.2) is 33.1 Å². The third-order valence-electron chi connectivity index (χ3n) is 5.17. The lowest BCUT2D eigenvalue weighted by Gasteiger charge is -2.17. The molecule has 2 amide bonds. The molecule has 1 fully saturated rings. The molecular formula is C22H23N5O2. The van der Waals surface area contributed by atoms with E-state index in [0.29, 0.717) is 13.1 Å². The molecule has 0 unspecified atom stereocenters. The van der Waals surface area contributed by atoms with Crippen molar-refractivity contribution in [3.05, 3.63) is 72.2 Å². The van der Waals surface area contributed by atoms with Crippen molar-refractivity contribution in [1.29, 1.82) is 0 Å². The Kier molecular flexibility index (Phi) is 5.37. The third-order valence-corrected chi connectivity index (χ3v) is 5.17. The Morgan fingerprint density at radius 3 is 2.62 bits per heavy atom. The van der Waals surface area contributed by atoms with Gasteiger partial charge < -0.3 is 10.2 Å². The van der Waals surface area contributed by atoms with Crippen molar-refractivity contribution in [2.24, 2.45) is 5.92 Å². The van der Waals surface area contributed by atoms with Gasteiger partial charge in [0.25, 0.3) is 0 Å². The molecular weight excluding hydrogens is 366 g/mol. The van der Waals surface area contributed by atoms with Gasteiger partial charge in [-0.25, -0.2) is 9.67 Å². The highest BCUT2D eigenvalue weighted by Crippen LogP contribution is 2.25. The first-order valence-electron chi connectivity index (χ1n) is 9.76. The van der Waals surface area contributed by atoms with Crippen LogP contribution in [0, 0.1) is 5.92 Å².